The second-order valence-corrected chi connectivity index (χ2v) is 21.3. The molecular weight excluding hydrogens is 905 g/mol. The minimum atomic E-state index is -4.55. The van der Waals surface area contributed by atoms with Crippen LogP contribution in [-0.2, 0) is 60.3 Å². The number of benzene rings is 2. The Labute approximate surface area is 387 Å². The van der Waals surface area contributed by atoms with Gasteiger partial charge in [-0.15, -0.1) is 11.8 Å². The molecule has 1 saturated heterocycles. The van der Waals surface area contributed by atoms with Crippen LogP contribution in [0.5, 0.6) is 0 Å². The van der Waals surface area contributed by atoms with Gasteiger partial charge >= 0.3 is 43.6 Å². The average molecular weight is 964 g/mol. The molecule has 1 aliphatic heterocycles. The summed E-state index contributed by atoms with van der Waals surface area (Å²) in [6.07, 6.45) is -6.51. The number of amides is 2. The second kappa shape index (κ2) is 22.4. The molecule has 0 spiro atoms. The molecule has 2 amide bonds. The number of imide groups is 1. The van der Waals surface area contributed by atoms with Crippen molar-refractivity contribution in [1.29, 1.82) is 0 Å². The van der Waals surface area contributed by atoms with E-state index in [1.807, 2.05) is 0 Å². The fourth-order valence-corrected chi connectivity index (χ4v) is 9.18. The molecule has 2 heterocycles. The van der Waals surface area contributed by atoms with Gasteiger partial charge in [-0.1, -0.05) is 60.7 Å². The monoisotopic (exact) mass is 963 g/mol. The lowest BCUT2D eigenvalue weighted by Gasteiger charge is -2.28. The van der Waals surface area contributed by atoms with Crippen LogP contribution in [0.25, 0.3) is 0 Å². The third-order valence-electron chi connectivity index (χ3n) is 8.66. The SMILES string of the molecule is C[C@H](NP(=O)(N[C@@H](C)C(=O)OCc1ccccc1)OC[C@H]1S[C@@H](n2ccc(N(C(=O)OC(C)(C)C)C(=O)OC(C)(C)C)nc2=O)[C@@H](F)[C@@H]1OC(=O)OC(C)(C)C)C(=O)OCc1ccccc1. The highest BCUT2D eigenvalue weighted by atomic mass is 32.2. The zero-order valence-corrected chi connectivity index (χ0v) is 40.5. The van der Waals surface area contributed by atoms with E-state index in [1.165, 1.54) is 13.8 Å². The Kier molecular flexibility index (Phi) is 18.1. The number of nitrogens with one attached hydrogen (secondary N) is 2. The molecule has 1 aromatic heterocycles. The molecule has 66 heavy (non-hydrogen) atoms. The Morgan fingerprint density at radius 3 is 1.64 bits per heavy atom. The number of anilines is 1. The van der Waals surface area contributed by atoms with Crippen LogP contribution in [0.15, 0.2) is 77.7 Å². The van der Waals surface area contributed by atoms with Crippen LogP contribution in [0.1, 0.15) is 92.7 Å². The number of carbonyl (C=O) groups is 5. The Morgan fingerprint density at radius 2 is 1.21 bits per heavy atom. The third kappa shape index (κ3) is 16.5. The zero-order chi connectivity index (χ0) is 49.2. The number of carbonyl (C=O) groups excluding carboxylic acids is 5. The van der Waals surface area contributed by atoms with Gasteiger partial charge in [0.2, 0.25) is 0 Å². The van der Waals surface area contributed by atoms with Crippen LogP contribution >= 0.6 is 19.4 Å². The van der Waals surface area contributed by atoms with E-state index in [-0.39, 0.29) is 13.2 Å². The van der Waals surface area contributed by atoms with Crippen molar-refractivity contribution in [3.05, 3.63) is 94.5 Å². The first-order valence-electron chi connectivity index (χ1n) is 20.9. The lowest BCUT2D eigenvalue weighted by atomic mass is 10.1. The number of nitrogens with zero attached hydrogens (tertiary/aromatic N) is 3. The van der Waals surface area contributed by atoms with Gasteiger partial charge in [0.1, 0.15) is 47.5 Å². The minimum absolute atomic E-state index is 0.108. The van der Waals surface area contributed by atoms with Crippen molar-refractivity contribution in [2.75, 3.05) is 11.5 Å². The van der Waals surface area contributed by atoms with Gasteiger partial charge in [-0.25, -0.2) is 33.7 Å². The van der Waals surface area contributed by atoms with E-state index in [9.17, 15) is 33.3 Å². The molecule has 0 saturated carbocycles. The average Bonchev–Trinajstić information content (AvgIpc) is 3.50. The van der Waals surface area contributed by atoms with E-state index in [0.717, 1.165) is 28.6 Å². The van der Waals surface area contributed by atoms with Crippen LogP contribution in [0.3, 0.4) is 0 Å². The van der Waals surface area contributed by atoms with Crippen molar-refractivity contribution in [3.8, 4) is 0 Å². The summed E-state index contributed by atoms with van der Waals surface area (Å²) in [6, 6.07) is 16.1. The van der Waals surface area contributed by atoms with E-state index in [0.29, 0.717) is 16.0 Å². The fraction of sp³-hybridized carbons (Fsp3) is 0.523. The standard InChI is InChI=1S/C44H59FN5O14PS/c1-27(36(51)58-24-29-18-14-12-15-19-29)47-65(57,48-28(2)37(52)59-25-30-20-16-13-17-21-30)60-26-31-34(61-41(56)64-44(9,10)11)33(45)35(66-31)49-23-22-32(46-38(49)53)50(39(54)62-42(3,4)5)40(55)63-43(6,7)8/h12-23,27-28,31,33-35H,24-26H2,1-11H3,(H2,47,48,57)/t27-,28-,31+,33-,34+,35+/m0/s1. The summed E-state index contributed by atoms with van der Waals surface area (Å²) in [5.41, 5.74) is -2.98. The third-order valence-corrected chi connectivity index (χ3v) is 12.1. The van der Waals surface area contributed by atoms with Crippen LogP contribution in [-0.4, -0.2) is 92.9 Å². The summed E-state index contributed by atoms with van der Waals surface area (Å²) < 4.78 is 70.6. The van der Waals surface area contributed by atoms with Crippen LogP contribution in [0, 0.1) is 0 Å². The maximum Gasteiger partial charge on any atom is 0.509 e. The van der Waals surface area contributed by atoms with Gasteiger partial charge in [0.15, 0.2) is 18.1 Å². The number of aromatic nitrogens is 2. The Bertz CT molecular complexity index is 2170. The molecule has 3 aromatic rings. The van der Waals surface area contributed by atoms with Gasteiger partial charge in [0.25, 0.3) is 0 Å². The van der Waals surface area contributed by atoms with Crippen LogP contribution in [0.4, 0.5) is 24.6 Å². The molecule has 6 atom stereocenters. The highest BCUT2D eigenvalue weighted by Crippen LogP contribution is 2.48. The predicted octanol–water partition coefficient (Wildman–Crippen LogP) is 7.76. The predicted molar refractivity (Wildman–Crippen MR) is 241 cm³/mol. The first-order chi connectivity index (χ1) is 30.6. The van der Waals surface area contributed by atoms with Crippen LogP contribution in [0.2, 0.25) is 0 Å². The van der Waals surface area contributed by atoms with Gasteiger partial charge in [0.05, 0.1) is 11.9 Å². The second-order valence-electron chi connectivity index (χ2n) is 18.1. The summed E-state index contributed by atoms with van der Waals surface area (Å²) in [5, 5.41) is 2.42. The van der Waals surface area contributed by atoms with Crippen molar-refractivity contribution in [2.45, 2.75) is 141 Å². The highest BCUT2D eigenvalue weighted by Gasteiger charge is 2.50. The molecule has 22 heteroatoms. The number of alkyl halides is 1. The summed E-state index contributed by atoms with van der Waals surface area (Å²) in [4.78, 5) is 83.9. The van der Waals surface area contributed by atoms with Gasteiger partial charge in [0, 0.05) is 6.20 Å². The molecule has 2 aromatic carbocycles. The normalized spacial score (nSPS) is 18.6. The quantitative estimate of drug-likeness (QED) is 0.0794. The molecule has 1 aliphatic rings. The molecule has 0 unspecified atom stereocenters. The van der Waals surface area contributed by atoms with Gasteiger partial charge < -0.3 is 32.9 Å². The summed E-state index contributed by atoms with van der Waals surface area (Å²) in [7, 11) is -4.55. The topological polar surface area (TPSA) is 229 Å². The maximum absolute atomic E-state index is 16.8. The summed E-state index contributed by atoms with van der Waals surface area (Å²) >= 11 is 0.733. The van der Waals surface area contributed by atoms with E-state index < -0.39 is 108 Å². The van der Waals surface area contributed by atoms with Crippen molar-refractivity contribution < 1.29 is 65.9 Å². The smallest absolute Gasteiger partial charge is 0.460 e. The molecule has 4 rings (SSSR count). The lowest BCUT2D eigenvalue weighted by molar-refractivity contribution is -0.147. The highest BCUT2D eigenvalue weighted by molar-refractivity contribution is 8.00. The van der Waals surface area contributed by atoms with E-state index in [1.54, 1.807) is 123 Å². The first-order valence-corrected chi connectivity index (χ1v) is 23.5. The first kappa shape index (κ1) is 53.3. The minimum Gasteiger partial charge on any atom is -0.460 e. The lowest BCUT2D eigenvalue weighted by Crippen LogP contribution is -2.45. The van der Waals surface area contributed by atoms with Gasteiger partial charge in [-0.2, -0.15) is 9.88 Å². The van der Waals surface area contributed by atoms with E-state index in [2.05, 4.69) is 15.2 Å². The zero-order valence-electron chi connectivity index (χ0n) is 38.8. The largest absolute Gasteiger partial charge is 0.509 e. The van der Waals surface area contributed by atoms with Crippen molar-refractivity contribution >= 4 is 55.5 Å². The van der Waals surface area contributed by atoms with Gasteiger partial charge in [-0.05, 0) is 93.4 Å². The number of hydrogen-bond acceptors (Lipinski definition) is 16. The molecule has 1 fully saturated rings. The van der Waals surface area contributed by atoms with E-state index in [4.69, 9.17) is 32.9 Å². The summed E-state index contributed by atoms with van der Waals surface area (Å²) in [6.45, 7) is 15.9. The number of esters is 2. The molecular formula is C44H59FN5O14PS. The molecule has 19 nitrogen and oxygen atoms in total. The van der Waals surface area contributed by atoms with Crippen LogP contribution < -0.4 is 20.8 Å². The Balaban J connectivity index is 1.64. The van der Waals surface area contributed by atoms with Crippen molar-refractivity contribution in [1.82, 2.24) is 19.7 Å². The molecule has 362 valence electrons. The van der Waals surface area contributed by atoms with E-state index >= 15 is 4.39 Å². The number of hydrogen-bond donors (Lipinski definition) is 2. The number of thioether (sulfide) groups is 1. The molecule has 0 radical (unpaired) electrons. The number of ether oxygens (including phenoxy) is 6. The van der Waals surface area contributed by atoms with Crippen molar-refractivity contribution in [3.63, 3.8) is 0 Å². The fourth-order valence-electron chi connectivity index (χ4n) is 5.79. The Morgan fingerprint density at radius 1 is 0.758 bits per heavy atom. The molecule has 2 N–H and O–H groups in total. The van der Waals surface area contributed by atoms with Gasteiger partial charge in [-0.3, -0.25) is 18.7 Å². The number of halogens is 1. The molecule has 0 aliphatic carbocycles. The molecule has 0 bridgehead atoms. The van der Waals surface area contributed by atoms with Crippen molar-refractivity contribution in [2.24, 2.45) is 0 Å². The summed E-state index contributed by atoms with van der Waals surface area (Å²) in [5.74, 6) is -2.16. The Hall–Kier alpha value is -5.34. The number of rotatable bonds is 16. The maximum atomic E-state index is 16.8.